The zero-order chi connectivity index (χ0) is 23.7. The number of methoxy groups -OCH3 is 1. The summed E-state index contributed by atoms with van der Waals surface area (Å²) in [6.45, 7) is 1.16. The maximum atomic E-state index is 14.3. The van der Waals surface area contributed by atoms with Crippen LogP contribution in [0.3, 0.4) is 0 Å². The fourth-order valence-corrected chi connectivity index (χ4v) is 4.89. The lowest BCUT2D eigenvalue weighted by atomic mass is 9.90. The van der Waals surface area contributed by atoms with Crippen LogP contribution in [0.4, 0.5) is 4.39 Å². The van der Waals surface area contributed by atoms with Crippen molar-refractivity contribution in [2.24, 2.45) is 5.73 Å². The SMILES string of the molecule is COc1cccc2c(CCCCN(C3=Cc4c(C(N)=O)ccc(F)c4OC3)C3CCC3)coc12.Cl. The van der Waals surface area contributed by atoms with Crippen LogP contribution in [0.2, 0.25) is 0 Å². The number of benzene rings is 2. The Morgan fingerprint density at radius 2 is 2.06 bits per heavy atom. The molecule has 1 amide bonds. The molecule has 2 aliphatic rings. The number of rotatable bonds is 9. The molecule has 6 nitrogen and oxygen atoms in total. The second-order valence-corrected chi connectivity index (χ2v) is 8.96. The molecule has 1 fully saturated rings. The maximum Gasteiger partial charge on any atom is 0.249 e. The number of hydrogen-bond donors (Lipinski definition) is 1. The van der Waals surface area contributed by atoms with Crippen molar-refractivity contribution in [2.75, 3.05) is 20.3 Å². The number of furan rings is 1. The van der Waals surface area contributed by atoms with Crippen LogP contribution >= 0.6 is 12.4 Å². The van der Waals surface area contributed by atoms with Crippen LogP contribution in [0.1, 0.15) is 53.6 Å². The Hall–Kier alpha value is -3.19. The second kappa shape index (κ2) is 10.6. The molecule has 3 aromatic rings. The van der Waals surface area contributed by atoms with Crippen molar-refractivity contribution in [3.8, 4) is 11.5 Å². The molecule has 0 atom stereocenters. The maximum absolute atomic E-state index is 14.3. The van der Waals surface area contributed by atoms with Crippen LogP contribution < -0.4 is 15.2 Å². The van der Waals surface area contributed by atoms with E-state index in [4.69, 9.17) is 19.6 Å². The van der Waals surface area contributed by atoms with E-state index in [-0.39, 0.29) is 30.3 Å². The molecule has 2 heterocycles. The van der Waals surface area contributed by atoms with E-state index in [0.717, 1.165) is 61.1 Å². The van der Waals surface area contributed by atoms with Gasteiger partial charge in [0.15, 0.2) is 22.9 Å². The zero-order valence-corrected chi connectivity index (χ0v) is 20.5. The lowest BCUT2D eigenvalue weighted by molar-refractivity contribution is 0.0999. The summed E-state index contributed by atoms with van der Waals surface area (Å²) in [6.07, 6.45) is 10.1. The summed E-state index contributed by atoms with van der Waals surface area (Å²) >= 11 is 0. The third-order valence-electron chi connectivity index (χ3n) is 6.93. The number of halogens is 2. The second-order valence-electron chi connectivity index (χ2n) is 8.96. The number of fused-ring (bicyclic) bond motifs is 2. The highest BCUT2D eigenvalue weighted by molar-refractivity contribution is 5.98. The number of ether oxygens (including phenoxy) is 2. The number of hydrogen-bond acceptors (Lipinski definition) is 5. The number of amides is 1. The third-order valence-corrected chi connectivity index (χ3v) is 6.93. The highest BCUT2D eigenvalue weighted by Crippen LogP contribution is 2.36. The van der Waals surface area contributed by atoms with Gasteiger partial charge in [-0.2, -0.15) is 0 Å². The number of para-hydroxylation sites is 1. The van der Waals surface area contributed by atoms with E-state index in [1.165, 1.54) is 24.1 Å². The van der Waals surface area contributed by atoms with E-state index in [0.29, 0.717) is 11.6 Å². The molecular weight excluding hydrogens is 471 g/mol. The Morgan fingerprint density at radius 3 is 2.77 bits per heavy atom. The van der Waals surface area contributed by atoms with Crippen LogP contribution in [0.15, 0.2) is 46.7 Å². The lowest BCUT2D eigenvalue weighted by Crippen LogP contribution is -2.42. The van der Waals surface area contributed by atoms with Crippen molar-refractivity contribution in [1.82, 2.24) is 4.90 Å². The topological polar surface area (TPSA) is 77.9 Å². The van der Waals surface area contributed by atoms with Crippen LogP contribution in [-0.4, -0.2) is 37.1 Å². The van der Waals surface area contributed by atoms with Gasteiger partial charge in [-0.3, -0.25) is 4.79 Å². The van der Waals surface area contributed by atoms with Gasteiger partial charge in [0.25, 0.3) is 0 Å². The molecule has 1 aliphatic heterocycles. The molecule has 0 saturated heterocycles. The standard InChI is InChI=1S/C27H29FN2O4.ClH/c1-32-24-10-5-9-20-17(15-33-26(20)24)6-2-3-13-30(18-7-4-8-18)19-14-22-21(27(29)31)11-12-23(28)25(22)34-16-19;/h5,9-12,14-15,18H,2-4,6-8,13,16H2,1H3,(H2,29,31);1H. The van der Waals surface area contributed by atoms with Gasteiger partial charge in [-0.15, -0.1) is 12.4 Å². The minimum atomic E-state index is -0.587. The Morgan fingerprint density at radius 1 is 1.23 bits per heavy atom. The Balaban J connectivity index is 0.00000289. The van der Waals surface area contributed by atoms with Crippen molar-refractivity contribution in [1.29, 1.82) is 0 Å². The number of primary amides is 1. The van der Waals surface area contributed by atoms with Crippen molar-refractivity contribution in [2.45, 2.75) is 44.6 Å². The van der Waals surface area contributed by atoms with Crippen molar-refractivity contribution < 1.29 is 23.1 Å². The van der Waals surface area contributed by atoms with Gasteiger partial charge in [-0.25, -0.2) is 4.39 Å². The molecule has 1 saturated carbocycles. The van der Waals surface area contributed by atoms with Crippen LogP contribution in [-0.2, 0) is 6.42 Å². The summed E-state index contributed by atoms with van der Waals surface area (Å²) in [5, 5.41) is 1.09. The normalized spacial score (nSPS) is 14.9. The highest BCUT2D eigenvalue weighted by atomic mass is 35.5. The van der Waals surface area contributed by atoms with E-state index in [1.807, 2.05) is 24.5 Å². The molecule has 0 radical (unpaired) electrons. The average Bonchev–Trinajstić information content (AvgIpc) is 3.22. The molecule has 5 rings (SSSR count). The molecule has 2 aromatic carbocycles. The molecule has 8 heteroatoms. The van der Waals surface area contributed by atoms with Gasteiger partial charge in [0, 0.05) is 23.5 Å². The Bertz CT molecular complexity index is 1250. The molecule has 1 aliphatic carbocycles. The van der Waals surface area contributed by atoms with Gasteiger partial charge in [0.1, 0.15) is 6.61 Å². The Kier molecular flexibility index (Phi) is 7.55. The number of nitrogens with zero attached hydrogens (tertiary/aromatic N) is 1. The van der Waals surface area contributed by atoms with Gasteiger partial charge in [-0.05, 0) is 68.4 Å². The van der Waals surface area contributed by atoms with Crippen molar-refractivity contribution in [3.05, 3.63) is 64.8 Å². The predicted octanol–water partition coefficient (Wildman–Crippen LogP) is 5.71. The van der Waals surface area contributed by atoms with E-state index < -0.39 is 11.7 Å². The first-order valence-corrected chi connectivity index (χ1v) is 11.8. The molecular formula is C27H30ClFN2O4. The van der Waals surface area contributed by atoms with E-state index in [1.54, 1.807) is 7.11 Å². The van der Waals surface area contributed by atoms with Gasteiger partial charge in [0.05, 0.1) is 24.6 Å². The quantitative estimate of drug-likeness (QED) is 0.381. The molecule has 2 N–H and O–H groups in total. The number of unbranched alkanes of at least 4 members (excludes halogenated alkanes) is 1. The number of carbonyl (C=O) groups is 1. The number of aryl methyl sites for hydroxylation is 1. The molecule has 35 heavy (non-hydrogen) atoms. The fourth-order valence-electron chi connectivity index (χ4n) is 4.89. The highest BCUT2D eigenvalue weighted by Gasteiger charge is 2.30. The van der Waals surface area contributed by atoms with Crippen molar-refractivity contribution in [3.63, 3.8) is 0 Å². The van der Waals surface area contributed by atoms with Crippen LogP contribution in [0.5, 0.6) is 11.5 Å². The number of nitrogens with two attached hydrogens (primary N) is 1. The predicted molar refractivity (Wildman–Crippen MR) is 136 cm³/mol. The largest absolute Gasteiger partial charge is 0.493 e. The molecule has 0 bridgehead atoms. The zero-order valence-electron chi connectivity index (χ0n) is 19.7. The monoisotopic (exact) mass is 500 g/mol. The first-order chi connectivity index (χ1) is 16.6. The lowest BCUT2D eigenvalue weighted by Gasteiger charge is -2.41. The van der Waals surface area contributed by atoms with Crippen LogP contribution in [0, 0.1) is 5.82 Å². The minimum absolute atomic E-state index is 0. The summed E-state index contributed by atoms with van der Waals surface area (Å²) < 4.78 is 31.2. The van der Waals surface area contributed by atoms with E-state index in [2.05, 4.69) is 11.0 Å². The smallest absolute Gasteiger partial charge is 0.249 e. The van der Waals surface area contributed by atoms with E-state index in [9.17, 15) is 9.18 Å². The molecule has 1 aromatic heterocycles. The first kappa shape index (κ1) is 24.9. The van der Waals surface area contributed by atoms with E-state index >= 15 is 0 Å². The van der Waals surface area contributed by atoms with Gasteiger partial charge < -0.3 is 24.5 Å². The van der Waals surface area contributed by atoms with Gasteiger partial charge >= 0.3 is 0 Å². The summed E-state index contributed by atoms with van der Waals surface area (Å²) in [4.78, 5) is 14.3. The molecule has 0 spiro atoms. The molecule has 0 unspecified atom stereocenters. The van der Waals surface area contributed by atoms with Gasteiger partial charge in [0.2, 0.25) is 5.91 Å². The average molecular weight is 501 g/mol. The van der Waals surface area contributed by atoms with Crippen LogP contribution in [0.25, 0.3) is 17.0 Å². The fraction of sp³-hybridized carbons (Fsp3) is 0.370. The minimum Gasteiger partial charge on any atom is -0.493 e. The summed E-state index contributed by atoms with van der Waals surface area (Å²) in [5.74, 6) is -0.210. The first-order valence-electron chi connectivity index (χ1n) is 11.8. The molecule has 186 valence electrons. The summed E-state index contributed by atoms with van der Waals surface area (Å²) in [6, 6.07) is 9.05. The summed E-state index contributed by atoms with van der Waals surface area (Å²) in [7, 11) is 1.65. The Labute approximate surface area is 210 Å². The number of carbonyl (C=O) groups excluding carboxylic acids is 1. The van der Waals surface area contributed by atoms with Gasteiger partial charge in [-0.1, -0.05) is 12.1 Å². The third kappa shape index (κ3) is 4.82. The van der Waals surface area contributed by atoms with Crippen molar-refractivity contribution >= 4 is 35.4 Å². The summed E-state index contributed by atoms with van der Waals surface area (Å²) in [5.41, 5.74) is 9.20.